The van der Waals surface area contributed by atoms with Gasteiger partial charge in [-0.25, -0.2) is 9.37 Å². The van der Waals surface area contributed by atoms with Gasteiger partial charge >= 0.3 is 5.97 Å². The second-order valence-electron chi connectivity index (χ2n) is 5.17. The Bertz CT molecular complexity index is 664. The number of nitrogens with one attached hydrogen (secondary N) is 1. The van der Waals surface area contributed by atoms with Crippen molar-refractivity contribution < 1.29 is 14.3 Å². The molecule has 6 nitrogen and oxygen atoms in total. The molecule has 0 saturated carbocycles. The van der Waals surface area contributed by atoms with Crippen molar-refractivity contribution in [2.45, 2.75) is 13.1 Å². The fraction of sp³-hybridized carbons (Fsp3) is 0.429. The summed E-state index contributed by atoms with van der Waals surface area (Å²) in [5.74, 6) is -0.628. The van der Waals surface area contributed by atoms with Crippen LogP contribution in [-0.4, -0.2) is 51.7 Å². The van der Waals surface area contributed by atoms with E-state index in [1.54, 1.807) is 10.6 Å². The van der Waals surface area contributed by atoms with Gasteiger partial charge in [-0.15, -0.1) is 0 Å². The molecule has 0 bridgehead atoms. The Balaban J connectivity index is 1.96. The van der Waals surface area contributed by atoms with E-state index >= 15 is 0 Å². The highest BCUT2D eigenvalue weighted by molar-refractivity contribution is 5.78. The van der Waals surface area contributed by atoms with Crippen LogP contribution in [0.5, 0.6) is 0 Å². The molecule has 21 heavy (non-hydrogen) atoms. The molecule has 7 heteroatoms. The minimum atomic E-state index is -0.930. The summed E-state index contributed by atoms with van der Waals surface area (Å²) in [5.41, 5.74) is 1.16. The molecule has 1 saturated heterocycles. The Morgan fingerprint density at radius 1 is 1.38 bits per heavy atom. The molecule has 0 aliphatic carbocycles. The fourth-order valence-corrected chi connectivity index (χ4v) is 2.65. The van der Waals surface area contributed by atoms with Gasteiger partial charge in [0.25, 0.3) is 0 Å². The maximum atomic E-state index is 13.3. The van der Waals surface area contributed by atoms with E-state index in [-0.39, 0.29) is 12.4 Å². The van der Waals surface area contributed by atoms with Crippen molar-refractivity contribution in [3.8, 4) is 0 Å². The van der Waals surface area contributed by atoms with Crippen LogP contribution in [0, 0.1) is 5.82 Å². The van der Waals surface area contributed by atoms with E-state index in [9.17, 15) is 9.18 Å². The van der Waals surface area contributed by atoms with Crippen LogP contribution in [0.3, 0.4) is 0 Å². The molecule has 1 aliphatic heterocycles. The van der Waals surface area contributed by atoms with Crippen molar-refractivity contribution in [3.63, 3.8) is 0 Å². The van der Waals surface area contributed by atoms with Crippen molar-refractivity contribution in [2.75, 3.05) is 26.2 Å². The number of carbonyl (C=O) groups is 1. The number of rotatable bonds is 4. The van der Waals surface area contributed by atoms with Crippen LogP contribution in [0.15, 0.2) is 18.2 Å². The second-order valence-corrected chi connectivity index (χ2v) is 5.17. The highest BCUT2D eigenvalue weighted by atomic mass is 19.1. The summed E-state index contributed by atoms with van der Waals surface area (Å²) in [4.78, 5) is 17.7. The minimum absolute atomic E-state index is 0.163. The summed E-state index contributed by atoms with van der Waals surface area (Å²) in [7, 11) is 0. The Kier molecular flexibility index (Phi) is 3.85. The van der Waals surface area contributed by atoms with E-state index in [1.807, 2.05) is 0 Å². The van der Waals surface area contributed by atoms with Crippen molar-refractivity contribution >= 4 is 17.0 Å². The Labute approximate surface area is 121 Å². The Morgan fingerprint density at radius 3 is 2.86 bits per heavy atom. The van der Waals surface area contributed by atoms with E-state index in [0.29, 0.717) is 23.4 Å². The van der Waals surface area contributed by atoms with Crippen molar-refractivity contribution in [3.05, 3.63) is 29.8 Å². The molecule has 0 unspecified atom stereocenters. The van der Waals surface area contributed by atoms with Crippen LogP contribution in [-0.2, 0) is 17.9 Å². The van der Waals surface area contributed by atoms with E-state index in [2.05, 4.69) is 15.2 Å². The summed E-state index contributed by atoms with van der Waals surface area (Å²) in [5, 5.41) is 12.4. The fourth-order valence-electron chi connectivity index (χ4n) is 2.65. The van der Waals surface area contributed by atoms with Crippen LogP contribution < -0.4 is 5.32 Å². The quantitative estimate of drug-likeness (QED) is 0.866. The van der Waals surface area contributed by atoms with Gasteiger partial charge in [-0.2, -0.15) is 0 Å². The number of halogens is 1. The average Bonchev–Trinajstić information content (AvgIpc) is 2.76. The molecule has 1 fully saturated rings. The minimum Gasteiger partial charge on any atom is -0.480 e. The van der Waals surface area contributed by atoms with Crippen molar-refractivity contribution in [2.24, 2.45) is 0 Å². The molecule has 2 N–H and O–H groups in total. The maximum absolute atomic E-state index is 13.3. The molecule has 2 heterocycles. The van der Waals surface area contributed by atoms with E-state index in [1.165, 1.54) is 12.1 Å². The number of benzene rings is 1. The number of piperazine rings is 1. The number of aromatic nitrogens is 2. The van der Waals surface area contributed by atoms with Gasteiger partial charge in [-0.05, 0) is 12.1 Å². The van der Waals surface area contributed by atoms with E-state index < -0.39 is 5.97 Å². The standard InChI is InChI=1S/C14H17FN4O2/c15-10-1-2-12-11(7-10)17-13(19(12)9-14(20)21)8-18-5-3-16-4-6-18/h1-2,7,16H,3-6,8-9H2,(H,20,21). The van der Waals surface area contributed by atoms with Crippen LogP contribution in [0.1, 0.15) is 5.82 Å². The first kappa shape index (κ1) is 14.0. The Hall–Kier alpha value is -1.99. The van der Waals surface area contributed by atoms with Gasteiger partial charge in [0.1, 0.15) is 18.2 Å². The lowest BCUT2D eigenvalue weighted by Crippen LogP contribution is -2.43. The number of imidazole rings is 1. The van der Waals surface area contributed by atoms with E-state index in [0.717, 1.165) is 26.2 Å². The number of aliphatic carboxylic acids is 1. The summed E-state index contributed by atoms with van der Waals surface area (Å²) >= 11 is 0. The maximum Gasteiger partial charge on any atom is 0.323 e. The van der Waals surface area contributed by atoms with Gasteiger partial charge < -0.3 is 15.0 Å². The molecular weight excluding hydrogens is 275 g/mol. The molecule has 2 aromatic rings. The molecule has 0 amide bonds. The highest BCUT2D eigenvalue weighted by Gasteiger charge is 2.17. The lowest BCUT2D eigenvalue weighted by molar-refractivity contribution is -0.137. The molecule has 0 radical (unpaired) electrons. The lowest BCUT2D eigenvalue weighted by atomic mass is 10.3. The summed E-state index contributed by atoms with van der Waals surface area (Å²) < 4.78 is 15.0. The first-order chi connectivity index (χ1) is 10.1. The molecule has 1 aromatic heterocycles. The molecular formula is C14H17FN4O2. The normalized spacial score (nSPS) is 16.4. The van der Waals surface area contributed by atoms with Crippen molar-refractivity contribution in [1.82, 2.24) is 19.8 Å². The third-order valence-electron chi connectivity index (χ3n) is 3.66. The zero-order chi connectivity index (χ0) is 14.8. The van der Waals surface area contributed by atoms with Gasteiger partial charge in [0, 0.05) is 32.2 Å². The average molecular weight is 292 g/mol. The van der Waals surface area contributed by atoms with Crippen molar-refractivity contribution in [1.29, 1.82) is 0 Å². The topological polar surface area (TPSA) is 70.4 Å². The summed E-state index contributed by atoms with van der Waals surface area (Å²) in [6, 6.07) is 4.26. The zero-order valence-electron chi connectivity index (χ0n) is 11.5. The molecule has 1 aromatic carbocycles. The van der Waals surface area contributed by atoms with E-state index in [4.69, 9.17) is 5.11 Å². The number of fused-ring (bicyclic) bond motifs is 1. The molecule has 3 rings (SSSR count). The summed E-state index contributed by atoms with van der Waals surface area (Å²) in [6.07, 6.45) is 0. The summed E-state index contributed by atoms with van der Waals surface area (Å²) in [6.45, 7) is 4.02. The van der Waals surface area contributed by atoms with Gasteiger partial charge in [0.2, 0.25) is 0 Å². The van der Waals surface area contributed by atoms with Crippen LogP contribution in [0.25, 0.3) is 11.0 Å². The molecule has 1 aliphatic rings. The van der Waals surface area contributed by atoms with Gasteiger partial charge in [-0.1, -0.05) is 0 Å². The number of nitrogens with zero attached hydrogens (tertiary/aromatic N) is 3. The van der Waals surface area contributed by atoms with Gasteiger partial charge in [0.15, 0.2) is 0 Å². The molecule has 112 valence electrons. The van der Waals surface area contributed by atoms with Gasteiger partial charge in [0.05, 0.1) is 17.6 Å². The third kappa shape index (κ3) is 3.03. The molecule has 0 atom stereocenters. The number of carboxylic acid groups (broad SMARTS) is 1. The Morgan fingerprint density at radius 2 is 2.14 bits per heavy atom. The first-order valence-electron chi connectivity index (χ1n) is 6.93. The highest BCUT2D eigenvalue weighted by Crippen LogP contribution is 2.19. The predicted molar refractivity (Wildman–Crippen MR) is 75.5 cm³/mol. The number of hydrogen-bond acceptors (Lipinski definition) is 4. The smallest absolute Gasteiger partial charge is 0.323 e. The SMILES string of the molecule is O=C(O)Cn1c(CN2CCNCC2)nc2cc(F)ccc21. The monoisotopic (exact) mass is 292 g/mol. The van der Waals surface area contributed by atoms with Crippen LogP contribution >= 0.6 is 0 Å². The lowest BCUT2D eigenvalue weighted by Gasteiger charge is -2.26. The second kappa shape index (κ2) is 5.79. The van der Waals surface area contributed by atoms with Crippen LogP contribution in [0.4, 0.5) is 4.39 Å². The molecule has 0 spiro atoms. The zero-order valence-corrected chi connectivity index (χ0v) is 11.5. The predicted octanol–water partition coefficient (Wildman–Crippen LogP) is 0.665. The number of carboxylic acids is 1. The van der Waals surface area contributed by atoms with Crippen LogP contribution in [0.2, 0.25) is 0 Å². The van der Waals surface area contributed by atoms with Gasteiger partial charge in [-0.3, -0.25) is 9.69 Å². The first-order valence-corrected chi connectivity index (χ1v) is 6.93. The number of hydrogen-bond donors (Lipinski definition) is 2. The third-order valence-corrected chi connectivity index (χ3v) is 3.66. The largest absolute Gasteiger partial charge is 0.480 e.